The first-order chi connectivity index (χ1) is 10.1. The number of aliphatic hydroxyl groups is 1. The molecule has 0 fully saturated rings. The van der Waals surface area contributed by atoms with Crippen molar-refractivity contribution in [3.05, 3.63) is 35.9 Å². The minimum Gasteiger partial charge on any atom is -0.477 e. The molecule has 0 aromatic heterocycles. The van der Waals surface area contributed by atoms with E-state index in [2.05, 4.69) is 6.92 Å². The maximum atomic E-state index is 11.3. The standard InChI is InChI=1S/C17H26O4/c1-2-3-4-5-6-7-11-14-21-17(20,16(18)19)15-12-9-8-10-13-15/h8-10,12-13,20H,2-7,11,14H2,1H3,(H,18,19). The molecule has 0 aliphatic heterocycles. The summed E-state index contributed by atoms with van der Waals surface area (Å²) in [6.07, 6.45) is 7.83. The van der Waals surface area contributed by atoms with Crippen molar-refractivity contribution in [1.82, 2.24) is 0 Å². The molecular formula is C17H26O4. The molecule has 1 unspecified atom stereocenters. The zero-order chi connectivity index (χ0) is 15.6. The molecule has 0 aliphatic carbocycles. The largest absolute Gasteiger partial charge is 0.477 e. The number of ether oxygens (including phenoxy) is 1. The van der Waals surface area contributed by atoms with Gasteiger partial charge in [0.25, 0.3) is 5.79 Å². The Labute approximate surface area is 126 Å². The molecule has 1 aromatic rings. The number of benzene rings is 1. The number of hydrogen-bond donors (Lipinski definition) is 2. The maximum Gasteiger partial charge on any atom is 0.369 e. The lowest BCUT2D eigenvalue weighted by molar-refractivity contribution is -0.229. The summed E-state index contributed by atoms with van der Waals surface area (Å²) in [6, 6.07) is 8.24. The molecule has 0 saturated carbocycles. The van der Waals surface area contributed by atoms with Crippen molar-refractivity contribution in [2.45, 2.75) is 57.7 Å². The zero-order valence-corrected chi connectivity index (χ0v) is 12.8. The molecule has 0 spiro atoms. The molecule has 1 rings (SSSR count). The average molecular weight is 294 g/mol. The molecule has 0 bridgehead atoms. The van der Waals surface area contributed by atoms with Gasteiger partial charge in [0.05, 0.1) is 6.61 Å². The predicted molar refractivity (Wildman–Crippen MR) is 81.9 cm³/mol. The van der Waals surface area contributed by atoms with E-state index < -0.39 is 11.8 Å². The summed E-state index contributed by atoms with van der Waals surface area (Å²) in [5.41, 5.74) is 0.250. The molecule has 0 heterocycles. The van der Waals surface area contributed by atoms with E-state index >= 15 is 0 Å². The Hall–Kier alpha value is -1.39. The third kappa shape index (κ3) is 5.86. The van der Waals surface area contributed by atoms with Crippen molar-refractivity contribution in [3.63, 3.8) is 0 Å². The Morgan fingerprint density at radius 1 is 1.05 bits per heavy atom. The second kappa shape index (κ2) is 9.53. The van der Waals surface area contributed by atoms with Crippen molar-refractivity contribution in [1.29, 1.82) is 0 Å². The van der Waals surface area contributed by atoms with Crippen molar-refractivity contribution >= 4 is 5.97 Å². The molecule has 2 N–H and O–H groups in total. The minimum absolute atomic E-state index is 0.242. The van der Waals surface area contributed by atoms with Crippen molar-refractivity contribution in [2.24, 2.45) is 0 Å². The van der Waals surface area contributed by atoms with Crippen LogP contribution in [0.15, 0.2) is 30.3 Å². The van der Waals surface area contributed by atoms with Crippen molar-refractivity contribution < 1.29 is 19.7 Å². The van der Waals surface area contributed by atoms with Crippen LogP contribution in [0.4, 0.5) is 0 Å². The highest BCUT2D eigenvalue weighted by atomic mass is 16.6. The van der Waals surface area contributed by atoms with E-state index in [0.29, 0.717) is 0 Å². The van der Waals surface area contributed by atoms with Crippen LogP contribution in [-0.2, 0) is 15.3 Å². The Morgan fingerprint density at radius 2 is 1.62 bits per heavy atom. The fourth-order valence-corrected chi connectivity index (χ4v) is 2.21. The smallest absolute Gasteiger partial charge is 0.369 e. The van der Waals surface area contributed by atoms with E-state index in [1.54, 1.807) is 30.3 Å². The summed E-state index contributed by atoms with van der Waals surface area (Å²) in [6.45, 7) is 2.43. The lowest BCUT2D eigenvalue weighted by atomic mass is 10.1. The number of hydrogen-bond acceptors (Lipinski definition) is 3. The Bertz CT molecular complexity index is 405. The lowest BCUT2D eigenvalue weighted by Gasteiger charge is -2.24. The average Bonchev–Trinajstić information content (AvgIpc) is 2.50. The quantitative estimate of drug-likeness (QED) is 0.482. The van der Waals surface area contributed by atoms with Gasteiger partial charge in [0.15, 0.2) is 0 Å². The van der Waals surface area contributed by atoms with Gasteiger partial charge in [-0.3, -0.25) is 0 Å². The summed E-state index contributed by atoms with van der Waals surface area (Å²) >= 11 is 0. The highest BCUT2D eigenvalue weighted by Gasteiger charge is 2.39. The topological polar surface area (TPSA) is 66.8 Å². The van der Waals surface area contributed by atoms with E-state index in [-0.39, 0.29) is 12.2 Å². The minimum atomic E-state index is -2.25. The molecule has 4 heteroatoms. The first-order valence-electron chi connectivity index (χ1n) is 7.76. The van der Waals surface area contributed by atoms with Gasteiger partial charge >= 0.3 is 5.97 Å². The van der Waals surface area contributed by atoms with Crippen LogP contribution in [0.2, 0.25) is 0 Å². The summed E-state index contributed by atoms with van der Waals surface area (Å²) in [7, 11) is 0. The van der Waals surface area contributed by atoms with Gasteiger partial charge in [-0.05, 0) is 6.42 Å². The molecule has 4 nitrogen and oxygen atoms in total. The van der Waals surface area contributed by atoms with Gasteiger partial charge in [-0.1, -0.05) is 75.8 Å². The van der Waals surface area contributed by atoms with Crippen LogP contribution in [0.3, 0.4) is 0 Å². The molecule has 0 amide bonds. The molecule has 0 saturated heterocycles. The number of carboxylic acids is 1. The number of rotatable bonds is 11. The van der Waals surface area contributed by atoms with E-state index in [1.165, 1.54) is 25.7 Å². The second-order valence-corrected chi connectivity index (χ2v) is 5.28. The van der Waals surface area contributed by atoms with Gasteiger partial charge in [-0.2, -0.15) is 0 Å². The monoisotopic (exact) mass is 294 g/mol. The maximum absolute atomic E-state index is 11.3. The summed E-state index contributed by atoms with van der Waals surface area (Å²) in [4.78, 5) is 11.3. The van der Waals surface area contributed by atoms with Gasteiger partial charge < -0.3 is 14.9 Å². The third-order valence-electron chi connectivity index (χ3n) is 3.51. The highest BCUT2D eigenvalue weighted by Crippen LogP contribution is 2.23. The van der Waals surface area contributed by atoms with Crippen LogP contribution >= 0.6 is 0 Å². The fraction of sp³-hybridized carbons (Fsp3) is 0.588. The van der Waals surface area contributed by atoms with Gasteiger partial charge in [-0.25, -0.2) is 4.79 Å². The molecule has 0 radical (unpaired) electrons. The Balaban J connectivity index is 2.34. The van der Waals surface area contributed by atoms with E-state index in [0.717, 1.165) is 19.3 Å². The number of carbonyl (C=O) groups is 1. The van der Waals surface area contributed by atoms with Crippen LogP contribution in [0.1, 0.15) is 57.4 Å². The zero-order valence-electron chi connectivity index (χ0n) is 12.8. The fourth-order valence-electron chi connectivity index (χ4n) is 2.21. The number of carboxylic acid groups (broad SMARTS) is 1. The van der Waals surface area contributed by atoms with Crippen LogP contribution < -0.4 is 0 Å². The van der Waals surface area contributed by atoms with Crippen LogP contribution in [0.5, 0.6) is 0 Å². The normalized spacial score (nSPS) is 13.8. The Morgan fingerprint density at radius 3 is 2.19 bits per heavy atom. The molecular weight excluding hydrogens is 268 g/mol. The van der Waals surface area contributed by atoms with E-state index in [4.69, 9.17) is 4.74 Å². The van der Waals surface area contributed by atoms with Crippen molar-refractivity contribution in [2.75, 3.05) is 6.61 Å². The SMILES string of the molecule is CCCCCCCCCOC(O)(C(=O)O)c1ccccc1. The summed E-state index contributed by atoms with van der Waals surface area (Å²) in [5, 5.41) is 19.4. The number of unbranched alkanes of at least 4 members (excludes halogenated alkanes) is 6. The molecule has 0 aliphatic rings. The van der Waals surface area contributed by atoms with Crippen LogP contribution in [-0.4, -0.2) is 22.8 Å². The second-order valence-electron chi connectivity index (χ2n) is 5.28. The highest BCUT2D eigenvalue weighted by molar-refractivity contribution is 5.77. The first-order valence-corrected chi connectivity index (χ1v) is 7.76. The first kappa shape index (κ1) is 17.7. The number of aliphatic carboxylic acids is 1. The van der Waals surface area contributed by atoms with Gasteiger partial charge in [0.2, 0.25) is 0 Å². The predicted octanol–water partition coefficient (Wildman–Crippen LogP) is 3.68. The lowest BCUT2D eigenvalue weighted by Crippen LogP contribution is -2.38. The Kier molecular flexibility index (Phi) is 8.01. The van der Waals surface area contributed by atoms with Gasteiger partial charge in [-0.15, -0.1) is 0 Å². The van der Waals surface area contributed by atoms with Gasteiger partial charge in [0.1, 0.15) is 0 Å². The van der Waals surface area contributed by atoms with Crippen LogP contribution in [0.25, 0.3) is 0 Å². The molecule has 118 valence electrons. The van der Waals surface area contributed by atoms with E-state index in [9.17, 15) is 15.0 Å². The third-order valence-corrected chi connectivity index (χ3v) is 3.51. The molecule has 1 atom stereocenters. The molecule has 21 heavy (non-hydrogen) atoms. The van der Waals surface area contributed by atoms with E-state index in [1.807, 2.05) is 0 Å². The van der Waals surface area contributed by atoms with Crippen LogP contribution in [0, 0.1) is 0 Å². The summed E-state index contributed by atoms with van der Waals surface area (Å²) < 4.78 is 5.26. The summed E-state index contributed by atoms with van der Waals surface area (Å²) in [5.74, 6) is -3.62. The molecule has 1 aromatic carbocycles. The van der Waals surface area contributed by atoms with Crippen molar-refractivity contribution in [3.8, 4) is 0 Å². The van der Waals surface area contributed by atoms with Gasteiger partial charge in [0, 0.05) is 5.56 Å².